The molecule has 4 rings (SSSR count). The van der Waals surface area contributed by atoms with E-state index < -0.39 is 28.9 Å². The summed E-state index contributed by atoms with van der Waals surface area (Å²) in [6.45, 7) is 1.85. The van der Waals surface area contributed by atoms with E-state index in [-0.39, 0.29) is 5.71 Å². The van der Waals surface area contributed by atoms with E-state index >= 15 is 0 Å². The number of aromatic nitrogens is 2. The van der Waals surface area contributed by atoms with Gasteiger partial charge in [0.15, 0.2) is 0 Å². The minimum atomic E-state index is -0.931. The molecule has 0 aliphatic carbocycles. The number of halogens is 2. The van der Waals surface area contributed by atoms with Gasteiger partial charge in [0.2, 0.25) is 5.71 Å². The molecule has 1 N–H and O–H groups in total. The van der Waals surface area contributed by atoms with E-state index in [1.54, 1.807) is 37.5 Å². The summed E-state index contributed by atoms with van der Waals surface area (Å²) < 4.78 is 34.0. The van der Waals surface area contributed by atoms with Gasteiger partial charge in [-0.15, -0.1) is 0 Å². The number of fused-ring (bicyclic) bond motifs is 1. The van der Waals surface area contributed by atoms with Crippen molar-refractivity contribution in [3.63, 3.8) is 0 Å². The van der Waals surface area contributed by atoms with Gasteiger partial charge in [0.1, 0.15) is 22.7 Å². The molecule has 1 amide bonds. The first kappa shape index (κ1) is 18.5. The molecule has 0 aliphatic rings. The van der Waals surface area contributed by atoms with Crippen molar-refractivity contribution in [1.29, 1.82) is 0 Å². The van der Waals surface area contributed by atoms with Crippen LogP contribution in [0, 0.1) is 18.6 Å². The van der Waals surface area contributed by atoms with E-state index in [9.17, 15) is 18.4 Å². The Morgan fingerprint density at radius 2 is 1.76 bits per heavy atom. The molecule has 0 spiro atoms. The van der Waals surface area contributed by atoms with E-state index in [0.717, 1.165) is 28.8 Å². The van der Waals surface area contributed by atoms with Crippen LogP contribution in [0.25, 0.3) is 22.4 Å². The van der Waals surface area contributed by atoms with Crippen LogP contribution in [0.3, 0.4) is 0 Å². The van der Waals surface area contributed by atoms with E-state index in [1.165, 1.54) is 10.6 Å². The van der Waals surface area contributed by atoms with Crippen molar-refractivity contribution >= 4 is 22.8 Å². The maximum Gasteiger partial charge on any atom is 0.421 e. The smallest absolute Gasteiger partial charge is 0.389 e. The Kier molecular flexibility index (Phi) is 4.46. The summed E-state index contributed by atoms with van der Waals surface area (Å²) >= 11 is 0. The van der Waals surface area contributed by atoms with Gasteiger partial charge in [-0.25, -0.2) is 18.6 Å². The fourth-order valence-corrected chi connectivity index (χ4v) is 3.21. The Labute approximate surface area is 163 Å². The van der Waals surface area contributed by atoms with E-state index in [4.69, 9.17) is 4.42 Å². The predicted molar refractivity (Wildman–Crippen MR) is 104 cm³/mol. The number of nitrogens with one attached hydrogen (secondary N) is 1. The number of benzene rings is 2. The molecule has 0 saturated heterocycles. The highest BCUT2D eigenvalue weighted by Crippen LogP contribution is 2.28. The van der Waals surface area contributed by atoms with Crippen LogP contribution < -0.4 is 11.1 Å². The molecule has 2 aromatic carbocycles. The van der Waals surface area contributed by atoms with Gasteiger partial charge in [0.25, 0.3) is 5.91 Å². The SMILES string of the molecule is Cc1c(-c2ccc(NC(=O)c3c(F)cccc3F)cc2)cnc2oc(=O)n(C)c12. The van der Waals surface area contributed by atoms with Crippen molar-refractivity contribution in [1.82, 2.24) is 9.55 Å². The molecular weight excluding hydrogens is 380 g/mol. The van der Waals surface area contributed by atoms with E-state index in [1.807, 2.05) is 6.92 Å². The number of rotatable bonds is 3. The van der Waals surface area contributed by atoms with Crippen molar-refractivity contribution in [2.75, 3.05) is 5.32 Å². The highest BCUT2D eigenvalue weighted by Gasteiger charge is 2.18. The summed E-state index contributed by atoms with van der Waals surface area (Å²) in [5, 5.41) is 2.48. The van der Waals surface area contributed by atoms with Gasteiger partial charge in [-0.1, -0.05) is 18.2 Å². The number of aryl methyl sites for hydroxylation is 2. The van der Waals surface area contributed by atoms with E-state index in [2.05, 4.69) is 10.3 Å². The molecule has 2 heterocycles. The molecule has 0 aliphatic heterocycles. The third kappa shape index (κ3) is 3.18. The zero-order chi connectivity index (χ0) is 20.7. The quantitative estimate of drug-likeness (QED) is 0.568. The first-order valence-electron chi connectivity index (χ1n) is 8.67. The maximum atomic E-state index is 13.8. The number of oxazole rings is 1. The van der Waals surface area contributed by atoms with Crippen LogP contribution in [0.1, 0.15) is 15.9 Å². The second kappa shape index (κ2) is 6.97. The Morgan fingerprint density at radius 3 is 2.41 bits per heavy atom. The molecule has 0 bridgehead atoms. The van der Waals surface area contributed by atoms with Gasteiger partial charge in [0, 0.05) is 24.5 Å². The van der Waals surface area contributed by atoms with Gasteiger partial charge in [-0.05, 0) is 42.3 Å². The fraction of sp³-hybridized carbons (Fsp3) is 0.0952. The average molecular weight is 395 g/mol. The van der Waals surface area contributed by atoms with Gasteiger partial charge >= 0.3 is 5.76 Å². The molecule has 0 saturated carbocycles. The van der Waals surface area contributed by atoms with Crippen molar-refractivity contribution in [3.05, 3.63) is 82.0 Å². The lowest BCUT2D eigenvalue weighted by Gasteiger charge is -2.10. The van der Waals surface area contributed by atoms with Gasteiger partial charge in [-0.2, -0.15) is 0 Å². The Hall–Kier alpha value is -3.81. The third-order valence-corrected chi connectivity index (χ3v) is 4.71. The minimum Gasteiger partial charge on any atom is -0.389 e. The highest BCUT2D eigenvalue weighted by molar-refractivity contribution is 6.04. The van der Waals surface area contributed by atoms with Crippen LogP contribution in [0.4, 0.5) is 14.5 Å². The summed E-state index contributed by atoms with van der Waals surface area (Å²) in [5.41, 5.74) is 2.99. The largest absolute Gasteiger partial charge is 0.421 e. The third-order valence-electron chi connectivity index (χ3n) is 4.71. The Morgan fingerprint density at radius 1 is 1.10 bits per heavy atom. The summed E-state index contributed by atoms with van der Waals surface area (Å²) in [6.07, 6.45) is 1.60. The lowest BCUT2D eigenvalue weighted by Crippen LogP contribution is -2.15. The van der Waals surface area contributed by atoms with Crippen LogP contribution >= 0.6 is 0 Å². The Balaban J connectivity index is 1.64. The Bertz CT molecular complexity index is 1290. The standard InChI is InChI=1S/C21H15F2N3O3/c1-11-14(10-24-20-18(11)26(2)21(28)29-20)12-6-8-13(9-7-12)25-19(27)17-15(22)4-3-5-16(17)23/h3-10H,1-2H3,(H,25,27). The second-order valence-electron chi connectivity index (χ2n) is 6.51. The zero-order valence-corrected chi connectivity index (χ0v) is 15.5. The van der Waals surface area contributed by atoms with Crippen LogP contribution in [0.2, 0.25) is 0 Å². The normalized spacial score (nSPS) is 11.0. The molecule has 146 valence electrons. The predicted octanol–water partition coefficient (Wildman–Crippen LogP) is 4.03. The number of hydrogen-bond acceptors (Lipinski definition) is 4. The van der Waals surface area contributed by atoms with Crippen molar-refractivity contribution < 1.29 is 18.0 Å². The minimum absolute atomic E-state index is 0.259. The number of amides is 1. The number of carbonyl (C=O) groups is 1. The summed E-state index contributed by atoms with van der Waals surface area (Å²) in [5.74, 6) is -3.23. The summed E-state index contributed by atoms with van der Waals surface area (Å²) in [4.78, 5) is 28.1. The lowest BCUT2D eigenvalue weighted by atomic mass is 10.0. The number of nitrogens with zero attached hydrogens (tertiary/aromatic N) is 2. The second-order valence-corrected chi connectivity index (χ2v) is 6.51. The van der Waals surface area contributed by atoms with Crippen molar-refractivity contribution in [2.45, 2.75) is 6.92 Å². The zero-order valence-electron chi connectivity index (χ0n) is 15.5. The molecule has 29 heavy (non-hydrogen) atoms. The van der Waals surface area contributed by atoms with E-state index in [0.29, 0.717) is 11.2 Å². The maximum absolute atomic E-state index is 13.8. The first-order valence-corrected chi connectivity index (χ1v) is 8.67. The first-order chi connectivity index (χ1) is 13.9. The number of hydrogen-bond donors (Lipinski definition) is 1. The number of anilines is 1. The summed E-state index contributed by atoms with van der Waals surface area (Å²) in [6, 6.07) is 9.95. The number of carbonyl (C=O) groups excluding carboxylic acids is 1. The molecule has 0 fully saturated rings. The molecule has 8 heteroatoms. The van der Waals surface area contributed by atoms with Crippen molar-refractivity contribution in [3.8, 4) is 11.1 Å². The van der Waals surface area contributed by atoms with Crippen molar-refractivity contribution in [2.24, 2.45) is 7.05 Å². The highest BCUT2D eigenvalue weighted by atomic mass is 19.1. The molecule has 4 aromatic rings. The molecule has 0 atom stereocenters. The molecular formula is C21H15F2N3O3. The monoisotopic (exact) mass is 395 g/mol. The summed E-state index contributed by atoms with van der Waals surface area (Å²) in [7, 11) is 1.60. The van der Waals surface area contributed by atoms with Gasteiger partial charge in [-0.3, -0.25) is 9.36 Å². The number of pyridine rings is 1. The van der Waals surface area contributed by atoms with Crippen LogP contribution in [-0.4, -0.2) is 15.5 Å². The molecule has 0 unspecified atom stereocenters. The van der Waals surface area contributed by atoms with Crippen LogP contribution in [-0.2, 0) is 7.05 Å². The lowest BCUT2D eigenvalue weighted by molar-refractivity contribution is 0.101. The average Bonchev–Trinajstić information content (AvgIpc) is 2.97. The molecule has 6 nitrogen and oxygen atoms in total. The molecule has 2 aromatic heterocycles. The van der Waals surface area contributed by atoms with Gasteiger partial charge < -0.3 is 9.73 Å². The fourth-order valence-electron chi connectivity index (χ4n) is 3.21. The van der Waals surface area contributed by atoms with Gasteiger partial charge in [0.05, 0.1) is 0 Å². The molecule has 0 radical (unpaired) electrons. The van der Waals surface area contributed by atoms with Crippen LogP contribution in [0.15, 0.2) is 57.9 Å². The van der Waals surface area contributed by atoms with Crippen LogP contribution in [0.5, 0.6) is 0 Å². The topological polar surface area (TPSA) is 77.1 Å².